The first-order chi connectivity index (χ1) is 8.17. The van der Waals surface area contributed by atoms with Crippen LogP contribution < -0.4 is 10.5 Å². The van der Waals surface area contributed by atoms with Gasteiger partial charge in [-0.15, -0.1) is 0 Å². The third kappa shape index (κ3) is 3.27. The molecule has 0 spiro atoms. The number of hydrogen-bond acceptors (Lipinski definition) is 3. The summed E-state index contributed by atoms with van der Waals surface area (Å²) >= 11 is 0. The zero-order valence-electron chi connectivity index (χ0n) is 10.1. The van der Waals surface area contributed by atoms with Gasteiger partial charge in [0.2, 0.25) is 15.9 Å². The van der Waals surface area contributed by atoms with Crippen molar-refractivity contribution in [2.24, 2.45) is 11.1 Å². The van der Waals surface area contributed by atoms with Gasteiger partial charge in [-0.1, -0.05) is 12.1 Å². The number of sulfonamides is 1. The van der Waals surface area contributed by atoms with E-state index >= 15 is 0 Å². The summed E-state index contributed by atoms with van der Waals surface area (Å²) in [5.74, 6) is -1.49. The molecule has 7 heteroatoms. The Labute approximate surface area is 105 Å². The molecule has 0 saturated heterocycles. The smallest absolute Gasteiger partial charge is 0.243 e. The second-order valence-corrected chi connectivity index (χ2v) is 6.24. The molecule has 0 atom stereocenters. The Kier molecular flexibility index (Phi) is 4.08. The van der Waals surface area contributed by atoms with E-state index < -0.39 is 32.1 Å². The van der Waals surface area contributed by atoms with Crippen molar-refractivity contribution in [1.29, 1.82) is 0 Å². The number of benzene rings is 1. The van der Waals surface area contributed by atoms with Gasteiger partial charge in [0.05, 0.1) is 5.41 Å². The lowest BCUT2D eigenvalue weighted by Gasteiger charge is -2.20. The number of amides is 1. The third-order valence-electron chi connectivity index (χ3n) is 2.50. The predicted molar refractivity (Wildman–Crippen MR) is 64.6 cm³/mol. The fraction of sp³-hybridized carbons (Fsp3) is 0.364. The maximum atomic E-state index is 13.4. The summed E-state index contributed by atoms with van der Waals surface area (Å²) < 4.78 is 39.2. The standard InChI is InChI=1S/C11H15FN2O3S/c1-11(2,10(13)15)7-14-18(16,17)9-6-4-3-5-8(9)12/h3-6,14H,7H2,1-2H3,(H2,13,15). The van der Waals surface area contributed by atoms with E-state index in [1.807, 2.05) is 0 Å². The van der Waals surface area contributed by atoms with Crippen molar-refractivity contribution in [3.05, 3.63) is 30.1 Å². The van der Waals surface area contributed by atoms with E-state index in [4.69, 9.17) is 5.73 Å². The van der Waals surface area contributed by atoms with Crippen LogP contribution in [0.25, 0.3) is 0 Å². The molecule has 0 aliphatic carbocycles. The Balaban J connectivity index is 2.92. The van der Waals surface area contributed by atoms with Crippen LogP contribution in [0.4, 0.5) is 4.39 Å². The number of primary amides is 1. The summed E-state index contributed by atoms with van der Waals surface area (Å²) in [4.78, 5) is 10.6. The molecule has 0 heterocycles. The van der Waals surface area contributed by atoms with E-state index in [2.05, 4.69) is 4.72 Å². The maximum Gasteiger partial charge on any atom is 0.243 e. The molecule has 100 valence electrons. The molecule has 0 aromatic heterocycles. The van der Waals surface area contributed by atoms with Crippen LogP contribution in [0, 0.1) is 11.2 Å². The van der Waals surface area contributed by atoms with Crippen LogP contribution in [0.15, 0.2) is 29.2 Å². The molecule has 0 radical (unpaired) electrons. The Morgan fingerprint density at radius 2 is 1.94 bits per heavy atom. The molecule has 18 heavy (non-hydrogen) atoms. The fourth-order valence-electron chi connectivity index (χ4n) is 1.10. The number of nitrogens with two attached hydrogens (primary N) is 1. The van der Waals surface area contributed by atoms with Crippen molar-refractivity contribution >= 4 is 15.9 Å². The van der Waals surface area contributed by atoms with Gasteiger partial charge in [0, 0.05) is 6.54 Å². The number of halogens is 1. The normalized spacial score (nSPS) is 12.4. The summed E-state index contributed by atoms with van der Waals surface area (Å²) in [5.41, 5.74) is 4.08. The predicted octanol–water partition coefficient (Wildman–Crippen LogP) is 0.616. The van der Waals surface area contributed by atoms with Crippen LogP contribution in [0.5, 0.6) is 0 Å². The molecule has 0 unspecified atom stereocenters. The highest BCUT2D eigenvalue weighted by Crippen LogP contribution is 2.16. The number of rotatable bonds is 5. The van der Waals surface area contributed by atoms with Crippen LogP contribution in [0.2, 0.25) is 0 Å². The average Bonchev–Trinajstić information content (AvgIpc) is 2.27. The fourth-order valence-corrected chi connectivity index (χ4v) is 2.39. The monoisotopic (exact) mass is 274 g/mol. The first-order valence-corrected chi connectivity index (χ1v) is 6.69. The SMILES string of the molecule is CC(C)(CNS(=O)(=O)c1ccccc1F)C(N)=O. The molecule has 0 fully saturated rings. The quantitative estimate of drug-likeness (QED) is 0.824. The minimum atomic E-state index is -3.99. The third-order valence-corrected chi connectivity index (χ3v) is 3.93. The van der Waals surface area contributed by atoms with Crippen LogP contribution in [0.3, 0.4) is 0 Å². The summed E-state index contributed by atoms with van der Waals surface area (Å²) in [6.07, 6.45) is 0. The van der Waals surface area contributed by atoms with Crippen molar-refractivity contribution < 1.29 is 17.6 Å². The molecule has 0 aliphatic rings. The zero-order chi connectivity index (χ0) is 14.0. The molecule has 3 N–H and O–H groups in total. The Morgan fingerprint density at radius 3 is 2.44 bits per heavy atom. The first-order valence-electron chi connectivity index (χ1n) is 5.21. The van der Waals surface area contributed by atoms with Crippen LogP contribution in [-0.4, -0.2) is 20.9 Å². The largest absolute Gasteiger partial charge is 0.369 e. The van der Waals surface area contributed by atoms with Crippen molar-refractivity contribution in [2.75, 3.05) is 6.54 Å². The molecule has 1 amide bonds. The topological polar surface area (TPSA) is 89.3 Å². The van der Waals surface area contributed by atoms with Crippen LogP contribution in [-0.2, 0) is 14.8 Å². The van der Waals surface area contributed by atoms with Crippen molar-refractivity contribution in [3.63, 3.8) is 0 Å². The molecule has 1 aromatic carbocycles. The lowest BCUT2D eigenvalue weighted by atomic mass is 9.93. The Bertz CT molecular complexity index is 555. The molecule has 0 bridgehead atoms. The molecule has 1 aromatic rings. The highest BCUT2D eigenvalue weighted by atomic mass is 32.2. The maximum absolute atomic E-state index is 13.4. The van der Waals surface area contributed by atoms with Gasteiger partial charge in [0.25, 0.3) is 0 Å². The molecule has 0 saturated carbocycles. The molecule has 0 aliphatic heterocycles. The average molecular weight is 274 g/mol. The van der Waals surface area contributed by atoms with Gasteiger partial charge in [0.1, 0.15) is 10.7 Å². The van der Waals surface area contributed by atoms with Crippen molar-refractivity contribution in [2.45, 2.75) is 18.7 Å². The van der Waals surface area contributed by atoms with E-state index in [0.29, 0.717) is 0 Å². The summed E-state index contributed by atoms with van der Waals surface area (Å²) in [6, 6.07) is 5.00. The highest BCUT2D eigenvalue weighted by Gasteiger charge is 2.28. The van der Waals surface area contributed by atoms with Gasteiger partial charge in [0.15, 0.2) is 0 Å². The molecule has 5 nitrogen and oxygen atoms in total. The van der Waals surface area contributed by atoms with E-state index in [0.717, 1.165) is 12.1 Å². The first kappa shape index (κ1) is 14.6. The van der Waals surface area contributed by atoms with E-state index in [1.54, 1.807) is 0 Å². The van der Waals surface area contributed by atoms with Gasteiger partial charge in [-0.3, -0.25) is 4.79 Å². The number of hydrogen-bond donors (Lipinski definition) is 2. The van der Waals surface area contributed by atoms with Crippen molar-refractivity contribution in [3.8, 4) is 0 Å². The number of nitrogens with one attached hydrogen (secondary N) is 1. The van der Waals surface area contributed by atoms with Gasteiger partial charge in [-0.2, -0.15) is 0 Å². The minimum Gasteiger partial charge on any atom is -0.369 e. The number of carbonyl (C=O) groups excluding carboxylic acids is 1. The highest BCUT2D eigenvalue weighted by molar-refractivity contribution is 7.89. The molecule has 1 rings (SSSR count). The zero-order valence-corrected chi connectivity index (χ0v) is 10.9. The summed E-state index contributed by atoms with van der Waals surface area (Å²) in [7, 11) is -3.99. The summed E-state index contributed by atoms with van der Waals surface area (Å²) in [5, 5.41) is 0. The minimum absolute atomic E-state index is 0.195. The van der Waals surface area contributed by atoms with Crippen LogP contribution in [0.1, 0.15) is 13.8 Å². The van der Waals surface area contributed by atoms with E-state index in [1.165, 1.54) is 26.0 Å². The van der Waals surface area contributed by atoms with Gasteiger partial charge >= 0.3 is 0 Å². The lowest BCUT2D eigenvalue weighted by Crippen LogP contribution is -2.42. The Morgan fingerprint density at radius 1 is 1.39 bits per heavy atom. The summed E-state index contributed by atoms with van der Waals surface area (Å²) in [6.45, 7) is 2.80. The van der Waals surface area contributed by atoms with Crippen molar-refractivity contribution in [1.82, 2.24) is 4.72 Å². The second kappa shape index (κ2) is 5.03. The van der Waals surface area contributed by atoms with Gasteiger partial charge in [-0.05, 0) is 26.0 Å². The van der Waals surface area contributed by atoms with E-state index in [-0.39, 0.29) is 6.54 Å². The lowest BCUT2D eigenvalue weighted by molar-refractivity contribution is -0.125. The Hall–Kier alpha value is -1.47. The van der Waals surface area contributed by atoms with Crippen LogP contribution >= 0.6 is 0 Å². The van der Waals surface area contributed by atoms with E-state index in [9.17, 15) is 17.6 Å². The molecular weight excluding hydrogens is 259 g/mol. The number of carbonyl (C=O) groups is 1. The van der Waals surface area contributed by atoms with Gasteiger partial charge in [-0.25, -0.2) is 17.5 Å². The second-order valence-electron chi connectivity index (χ2n) is 4.50. The molecular formula is C11H15FN2O3S. The van der Waals surface area contributed by atoms with Gasteiger partial charge < -0.3 is 5.73 Å².